The maximum atomic E-state index is 4.26. The third-order valence-electron chi connectivity index (χ3n) is 3.63. The zero-order chi connectivity index (χ0) is 16.7. The van der Waals surface area contributed by atoms with Gasteiger partial charge in [0.05, 0.1) is 0 Å². The molecular weight excluding hydrogens is 356 g/mol. The molecule has 0 atom stereocenters. The van der Waals surface area contributed by atoms with E-state index in [0.717, 1.165) is 42.3 Å². The van der Waals surface area contributed by atoms with Crippen LogP contribution in [-0.4, -0.2) is 34.3 Å². The maximum Gasteiger partial charge on any atom is 0.191 e. The predicted molar refractivity (Wildman–Crippen MR) is 96.5 cm³/mol. The standard InChI is InChI=1S/C16H23BrN6/c1-4-15-22-21-11-23(15)8-7-19-16(18-3)20-10-13-5-6-14(17)9-12(13)2/h5-6,9,11H,4,7-8,10H2,1-3H3,(H2,18,19,20). The number of aliphatic imine (C=N–C) groups is 1. The van der Waals surface area contributed by atoms with Crippen LogP contribution in [0, 0.1) is 6.92 Å². The van der Waals surface area contributed by atoms with Gasteiger partial charge in [-0.25, -0.2) is 0 Å². The Morgan fingerprint density at radius 1 is 1.35 bits per heavy atom. The number of aryl methyl sites for hydroxylation is 2. The number of benzene rings is 1. The minimum atomic E-state index is 0.742. The van der Waals surface area contributed by atoms with Crippen LogP contribution in [0.5, 0.6) is 0 Å². The summed E-state index contributed by atoms with van der Waals surface area (Å²) in [5, 5.41) is 14.7. The van der Waals surface area contributed by atoms with Gasteiger partial charge in [-0.05, 0) is 30.2 Å². The fraction of sp³-hybridized carbons (Fsp3) is 0.438. The average molecular weight is 379 g/mol. The number of guanidine groups is 1. The molecule has 0 aliphatic rings. The van der Waals surface area contributed by atoms with E-state index in [1.807, 2.05) is 0 Å². The van der Waals surface area contributed by atoms with Crippen molar-refractivity contribution in [1.82, 2.24) is 25.4 Å². The molecule has 0 spiro atoms. The van der Waals surface area contributed by atoms with Crippen molar-refractivity contribution in [1.29, 1.82) is 0 Å². The molecule has 124 valence electrons. The van der Waals surface area contributed by atoms with Crippen molar-refractivity contribution in [3.05, 3.63) is 46.0 Å². The summed E-state index contributed by atoms with van der Waals surface area (Å²) in [6.07, 6.45) is 2.65. The summed E-state index contributed by atoms with van der Waals surface area (Å²) in [5.41, 5.74) is 2.50. The first kappa shape index (κ1) is 17.5. The van der Waals surface area contributed by atoms with Crippen LogP contribution < -0.4 is 10.6 Å². The van der Waals surface area contributed by atoms with Crippen LogP contribution in [-0.2, 0) is 19.5 Å². The number of hydrogen-bond donors (Lipinski definition) is 2. The van der Waals surface area contributed by atoms with Gasteiger partial charge in [0.15, 0.2) is 5.96 Å². The molecule has 6 nitrogen and oxygen atoms in total. The third-order valence-corrected chi connectivity index (χ3v) is 4.12. The molecule has 0 fully saturated rings. The lowest BCUT2D eigenvalue weighted by Gasteiger charge is -2.14. The Morgan fingerprint density at radius 2 is 2.17 bits per heavy atom. The smallest absolute Gasteiger partial charge is 0.191 e. The van der Waals surface area contributed by atoms with Gasteiger partial charge in [-0.3, -0.25) is 4.99 Å². The lowest BCUT2D eigenvalue weighted by molar-refractivity contribution is 0.632. The van der Waals surface area contributed by atoms with Gasteiger partial charge in [-0.1, -0.05) is 28.9 Å². The Morgan fingerprint density at radius 3 is 2.87 bits per heavy atom. The summed E-state index contributed by atoms with van der Waals surface area (Å²) in [4.78, 5) is 4.26. The van der Waals surface area contributed by atoms with E-state index in [0.29, 0.717) is 0 Å². The monoisotopic (exact) mass is 378 g/mol. The fourth-order valence-corrected chi connectivity index (χ4v) is 2.77. The molecule has 1 heterocycles. The minimum Gasteiger partial charge on any atom is -0.355 e. The first-order chi connectivity index (χ1) is 11.1. The van der Waals surface area contributed by atoms with Gasteiger partial charge < -0.3 is 15.2 Å². The first-order valence-corrected chi connectivity index (χ1v) is 8.49. The molecular formula is C16H23BrN6. The summed E-state index contributed by atoms with van der Waals surface area (Å²) in [5.74, 6) is 1.79. The molecule has 2 N–H and O–H groups in total. The number of halogens is 1. The summed E-state index contributed by atoms with van der Waals surface area (Å²) >= 11 is 3.49. The molecule has 23 heavy (non-hydrogen) atoms. The second-order valence-corrected chi connectivity index (χ2v) is 6.13. The van der Waals surface area contributed by atoms with Crippen molar-refractivity contribution in [3.8, 4) is 0 Å². The zero-order valence-corrected chi connectivity index (χ0v) is 15.4. The van der Waals surface area contributed by atoms with Crippen molar-refractivity contribution in [3.63, 3.8) is 0 Å². The van der Waals surface area contributed by atoms with Crippen LogP contribution in [0.4, 0.5) is 0 Å². The van der Waals surface area contributed by atoms with Gasteiger partial charge in [0.1, 0.15) is 12.2 Å². The molecule has 1 aromatic carbocycles. The average Bonchev–Trinajstić information content (AvgIpc) is 2.99. The molecule has 7 heteroatoms. The highest BCUT2D eigenvalue weighted by Gasteiger charge is 2.03. The largest absolute Gasteiger partial charge is 0.355 e. The molecule has 2 aromatic rings. The van der Waals surface area contributed by atoms with Gasteiger partial charge in [0.25, 0.3) is 0 Å². The molecule has 0 bridgehead atoms. The Labute approximate surface area is 145 Å². The summed E-state index contributed by atoms with van der Waals surface area (Å²) in [7, 11) is 1.78. The van der Waals surface area contributed by atoms with Gasteiger partial charge in [0, 0.05) is 37.6 Å². The Hall–Kier alpha value is -1.89. The van der Waals surface area contributed by atoms with Crippen LogP contribution >= 0.6 is 15.9 Å². The predicted octanol–water partition coefficient (Wildman–Crippen LogP) is 2.28. The van der Waals surface area contributed by atoms with Gasteiger partial charge in [-0.15, -0.1) is 10.2 Å². The molecule has 1 aromatic heterocycles. The van der Waals surface area contributed by atoms with Crippen LogP contribution in [0.2, 0.25) is 0 Å². The van der Waals surface area contributed by atoms with E-state index in [-0.39, 0.29) is 0 Å². The Bertz CT molecular complexity index is 664. The van der Waals surface area contributed by atoms with E-state index >= 15 is 0 Å². The number of aromatic nitrogens is 3. The molecule has 0 aliphatic heterocycles. The van der Waals surface area contributed by atoms with Gasteiger partial charge in [-0.2, -0.15) is 0 Å². The first-order valence-electron chi connectivity index (χ1n) is 7.70. The number of nitrogens with zero attached hydrogens (tertiary/aromatic N) is 4. The maximum absolute atomic E-state index is 4.26. The third kappa shape index (κ3) is 5.06. The van der Waals surface area contributed by atoms with Crippen LogP contribution in [0.15, 0.2) is 34.0 Å². The normalized spacial score (nSPS) is 11.6. The SMILES string of the molecule is CCc1nncn1CCNC(=NC)NCc1ccc(Br)cc1C. The van der Waals surface area contributed by atoms with E-state index in [4.69, 9.17) is 0 Å². The summed E-state index contributed by atoms with van der Waals surface area (Å²) in [6.45, 7) is 6.51. The lowest BCUT2D eigenvalue weighted by atomic mass is 10.1. The summed E-state index contributed by atoms with van der Waals surface area (Å²) < 4.78 is 3.15. The second-order valence-electron chi connectivity index (χ2n) is 5.22. The van der Waals surface area contributed by atoms with Crippen molar-refractivity contribution >= 4 is 21.9 Å². The van der Waals surface area contributed by atoms with E-state index < -0.39 is 0 Å². The van der Waals surface area contributed by atoms with E-state index in [1.165, 1.54) is 11.1 Å². The molecule has 0 aliphatic carbocycles. The summed E-state index contributed by atoms with van der Waals surface area (Å²) in [6, 6.07) is 6.29. The zero-order valence-electron chi connectivity index (χ0n) is 13.8. The van der Waals surface area contributed by atoms with Gasteiger partial charge in [0.2, 0.25) is 0 Å². The highest BCUT2D eigenvalue weighted by molar-refractivity contribution is 9.10. The van der Waals surface area contributed by atoms with Crippen molar-refractivity contribution < 1.29 is 0 Å². The second kappa shape index (κ2) is 8.67. The molecule has 0 radical (unpaired) electrons. The van der Waals surface area contributed by atoms with Crippen LogP contribution in [0.3, 0.4) is 0 Å². The molecule has 0 saturated heterocycles. The van der Waals surface area contributed by atoms with Crippen LogP contribution in [0.1, 0.15) is 23.9 Å². The topological polar surface area (TPSA) is 67.1 Å². The van der Waals surface area contributed by atoms with E-state index in [9.17, 15) is 0 Å². The highest BCUT2D eigenvalue weighted by Crippen LogP contribution is 2.15. The lowest BCUT2D eigenvalue weighted by Crippen LogP contribution is -2.38. The fourth-order valence-electron chi connectivity index (χ4n) is 2.29. The van der Waals surface area contributed by atoms with Crippen molar-refractivity contribution in [2.24, 2.45) is 4.99 Å². The van der Waals surface area contributed by atoms with E-state index in [2.05, 4.69) is 78.4 Å². The minimum absolute atomic E-state index is 0.742. The highest BCUT2D eigenvalue weighted by atomic mass is 79.9. The molecule has 0 saturated carbocycles. The number of nitrogens with one attached hydrogen (secondary N) is 2. The quantitative estimate of drug-likeness (QED) is 0.597. The number of rotatable bonds is 6. The van der Waals surface area contributed by atoms with Crippen LogP contribution in [0.25, 0.3) is 0 Å². The Kier molecular flexibility index (Phi) is 6.58. The van der Waals surface area contributed by atoms with Crippen molar-refractivity contribution in [2.75, 3.05) is 13.6 Å². The molecule has 0 amide bonds. The van der Waals surface area contributed by atoms with Gasteiger partial charge >= 0.3 is 0 Å². The molecule has 0 unspecified atom stereocenters. The van der Waals surface area contributed by atoms with E-state index in [1.54, 1.807) is 13.4 Å². The Balaban J connectivity index is 1.81. The number of hydrogen-bond acceptors (Lipinski definition) is 3. The molecule has 2 rings (SSSR count). The van der Waals surface area contributed by atoms with Crippen molar-refractivity contribution in [2.45, 2.75) is 33.4 Å².